The summed E-state index contributed by atoms with van der Waals surface area (Å²) in [5, 5.41) is 0. The van der Waals surface area contributed by atoms with Gasteiger partial charge in [-0.3, -0.25) is 4.79 Å². The number of hydrogen-bond donors (Lipinski definition) is 0. The maximum Gasteiger partial charge on any atom is 0.264 e. The Morgan fingerprint density at radius 3 is 2.28 bits per heavy atom. The van der Waals surface area contributed by atoms with E-state index >= 15 is 0 Å². The van der Waals surface area contributed by atoms with Gasteiger partial charge in [0.2, 0.25) is 0 Å². The number of ether oxygens (including phenoxy) is 1. The van der Waals surface area contributed by atoms with E-state index in [4.69, 9.17) is 4.74 Å². The number of alkyl halides is 2. The van der Waals surface area contributed by atoms with Crippen LogP contribution < -0.4 is 4.74 Å². The van der Waals surface area contributed by atoms with Crippen LogP contribution in [0, 0.1) is 5.92 Å². The third kappa shape index (κ3) is 8.88. The summed E-state index contributed by atoms with van der Waals surface area (Å²) in [7, 11) is 0. The molecule has 0 aromatic heterocycles. The maximum atomic E-state index is 13.6. The molecule has 0 aliphatic heterocycles. The average Bonchev–Trinajstić information content (AvgIpc) is 2.93. The summed E-state index contributed by atoms with van der Waals surface area (Å²) in [6.45, 7) is 10.6. The van der Waals surface area contributed by atoms with E-state index in [-0.39, 0.29) is 23.9 Å². The van der Waals surface area contributed by atoms with Crippen LogP contribution in [0.3, 0.4) is 0 Å². The second-order valence-electron chi connectivity index (χ2n) is 10.3. The molecule has 0 radical (unpaired) electrons. The van der Waals surface area contributed by atoms with Gasteiger partial charge in [-0.15, -0.1) is 0 Å². The number of carbonyl (C=O) groups is 1. The summed E-state index contributed by atoms with van der Waals surface area (Å²) >= 11 is 0. The standard InChI is InChI=1S/C35H42F2O2/c1-5-8-13-29(14-9-6-2)39-30-19-16-26(17-20-30)22-25(4)23-32-27(7-3)18-21-34(38)33(32)24-28-12-10-11-15-31(28)35(36)37/h7,10-12,15-21,23,29,33,35H,4-6,8-9,13-14,22,24H2,1-3H3/b27-7-,32-23?. The molecule has 1 unspecified atom stereocenters. The summed E-state index contributed by atoms with van der Waals surface area (Å²) < 4.78 is 33.6. The average molecular weight is 533 g/mol. The van der Waals surface area contributed by atoms with Crippen molar-refractivity contribution < 1.29 is 18.3 Å². The minimum absolute atomic E-state index is 0.0195. The SMILES string of the molecule is C=C(C=C1/C(=C\C)C=CC(=O)C1Cc1ccccc1C(F)F)Cc1ccc(OC(CCCC)CCCC)cc1. The van der Waals surface area contributed by atoms with Gasteiger partial charge in [-0.2, -0.15) is 0 Å². The van der Waals surface area contributed by atoms with Crippen molar-refractivity contribution in [1.29, 1.82) is 0 Å². The van der Waals surface area contributed by atoms with Crippen LogP contribution in [0.15, 0.2) is 96.1 Å². The van der Waals surface area contributed by atoms with E-state index in [9.17, 15) is 13.6 Å². The zero-order chi connectivity index (χ0) is 28.2. The fourth-order valence-electron chi connectivity index (χ4n) is 5.09. The number of benzene rings is 2. The summed E-state index contributed by atoms with van der Waals surface area (Å²) in [6, 6.07) is 14.6. The molecule has 2 aromatic carbocycles. The van der Waals surface area contributed by atoms with Gasteiger partial charge in [0.05, 0.1) is 12.0 Å². The lowest BCUT2D eigenvalue weighted by Gasteiger charge is -2.24. The molecule has 1 aliphatic carbocycles. The van der Waals surface area contributed by atoms with Crippen molar-refractivity contribution in [3.63, 3.8) is 0 Å². The van der Waals surface area contributed by atoms with Crippen molar-refractivity contribution in [1.82, 2.24) is 0 Å². The third-order valence-corrected chi connectivity index (χ3v) is 7.28. The second-order valence-corrected chi connectivity index (χ2v) is 10.3. The van der Waals surface area contributed by atoms with Gasteiger partial charge in [-0.1, -0.05) is 106 Å². The summed E-state index contributed by atoms with van der Waals surface area (Å²) in [4.78, 5) is 13.0. The Balaban J connectivity index is 1.75. The van der Waals surface area contributed by atoms with E-state index in [1.54, 1.807) is 30.4 Å². The number of rotatable bonds is 14. The zero-order valence-corrected chi connectivity index (χ0v) is 23.6. The Labute approximate surface area is 233 Å². The number of carbonyl (C=O) groups excluding carboxylic acids is 1. The topological polar surface area (TPSA) is 26.3 Å². The summed E-state index contributed by atoms with van der Waals surface area (Å²) in [5.41, 5.74) is 4.19. The Hall–Kier alpha value is -3.27. The molecule has 0 N–H and O–H groups in total. The van der Waals surface area contributed by atoms with E-state index in [0.717, 1.165) is 40.9 Å². The van der Waals surface area contributed by atoms with Gasteiger partial charge in [0.25, 0.3) is 6.43 Å². The van der Waals surface area contributed by atoms with Crippen LogP contribution in [0.4, 0.5) is 8.78 Å². The lowest BCUT2D eigenvalue weighted by atomic mass is 9.78. The molecular weight excluding hydrogens is 490 g/mol. The van der Waals surface area contributed by atoms with Crippen molar-refractivity contribution in [2.75, 3.05) is 0 Å². The second kappa shape index (κ2) is 15.4. The quantitative estimate of drug-likeness (QED) is 0.242. The minimum atomic E-state index is -2.58. The van der Waals surface area contributed by atoms with Crippen LogP contribution in [0.25, 0.3) is 0 Å². The Morgan fingerprint density at radius 2 is 1.67 bits per heavy atom. The van der Waals surface area contributed by atoms with E-state index in [0.29, 0.717) is 12.0 Å². The smallest absolute Gasteiger partial charge is 0.264 e. The normalized spacial score (nSPS) is 17.5. The van der Waals surface area contributed by atoms with E-state index in [1.807, 2.05) is 31.2 Å². The molecule has 2 aromatic rings. The van der Waals surface area contributed by atoms with E-state index in [1.165, 1.54) is 31.7 Å². The lowest BCUT2D eigenvalue weighted by Crippen LogP contribution is -2.23. The number of hydrogen-bond acceptors (Lipinski definition) is 2. The molecule has 0 amide bonds. The Kier molecular flexibility index (Phi) is 11.9. The van der Waals surface area contributed by atoms with Crippen LogP contribution in [-0.4, -0.2) is 11.9 Å². The first kappa shape index (κ1) is 30.3. The Bertz CT molecular complexity index is 1180. The predicted octanol–water partition coefficient (Wildman–Crippen LogP) is 9.72. The number of ketones is 1. The van der Waals surface area contributed by atoms with Crippen molar-refractivity contribution in [2.24, 2.45) is 5.92 Å². The number of halogens is 2. The van der Waals surface area contributed by atoms with Crippen LogP contribution >= 0.6 is 0 Å². The first-order valence-corrected chi connectivity index (χ1v) is 14.3. The fraction of sp³-hybridized carbons (Fsp3) is 0.400. The van der Waals surface area contributed by atoms with Crippen LogP contribution in [-0.2, 0) is 17.6 Å². The van der Waals surface area contributed by atoms with E-state index in [2.05, 4.69) is 32.6 Å². The van der Waals surface area contributed by atoms with Crippen LogP contribution in [0.1, 0.15) is 82.4 Å². The molecule has 0 spiro atoms. The van der Waals surface area contributed by atoms with Crippen LogP contribution in [0.5, 0.6) is 5.75 Å². The molecule has 0 bridgehead atoms. The summed E-state index contributed by atoms with van der Waals surface area (Å²) in [5.74, 6) is 0.277. The van der Waals surface area contributed by atoms with Gasteiger partial charge < -0.3 is 4.74 Å². The highest BCUT2D eigenvalue weighted by Gasteiger charge is 2.28. The van der Waals surface area contributed by atoms with Gasteiger partial charge >= 0.3 is 0 Å². The van der Waals surface area contributed by atoms with Crippen LogP contribution in [0.2, 0.25) is 0 Å². The summed E-state index contributed by atoms with van der Waals surface area (Å²) in [6.07, 6.45) is 12.6. The monoisotopic (exact) mass is 532 g/mol. The molecule has 0 heterocycles. The first-order valence-electron chi connectivity index (χ1n) is 14.3. The van der Waals surface area contributed by atoms with Gasteiger partial charge in [-0.25, -0.2) is 8.78 Å². The van der Waals surface area contributed by atoms with Gasteiger partial charge in [0.15, 0.2) is 5.78 Å². The highest BCUT2D eigenvalue weighted by atomic mass is 19.3. The molecule has 1 atom stereocenters. The number of unbranched alkanes of at least 4 members (excludes halogenated alkanes) is 2. The van der Waals surface area contributed by atoms with Gasteiger partial charge in [0, 0.05) is 5.56 Å². The molecule has 2 nitrogen and oxygen atoms in total. The molecule has 0 saturated heterocycles. The Morgan fingerprint density at radius 1 is 1.00 bits per heavy atom. The number of allylic oxidation sites excluding steroid dienone is 7. The molecule has 3 rings (SSSR count). The predicted molar refractivity (Wildman–Crippen MR) is 157 cm³/mol. The van der Waals surface area contributed by atoms with Gasteiger partial charge in [0.1, 0.15) is 5.75 Å². The van der Waals surface area contributed by atoms with E-state index < -0.39 is 12.3 Å². The molecule has 0 fully saturated rings. The highest BCUT2D eigenvalue weighted by molar-refractivity contribution is 5.97. The fourth-order valence-corrected chi connectivity index (χ4v) is 5.09. The molecule has 1 aliphatic rings. The highest BCUT2D eigenvalue weighted by Crippen LogP contribution is 2.34. The maximum absolute atomic E-state index is 13.6. The first-order chi connectivity index (χ1) is 18.9. The van der Waals surface area contributed by atoms with Crippen molar-refractivity contribution >= 4 is 5.78 Å². The van der Waals surface area contributed by atoms with Crippen molar-refractivity contribution in [3.05, 3.63) is 113 Å². The van der Waals surface area contributed by atoms with Gasteiger partial charge in [-0.05, 0) is 73.1 Å². The molecule has 4 heteroatoms. The molecule has 39 heavy (non-hydrogen) atoms. The molecule has 208 valence electrons. The molecule has 0 saturated carbocycles. The van der Waals surface area contributed by atoms with Crippen molar-refractivity contribution in [2.45, 2.75) is 84.7 Å². The third-order valence-electron chi connectivity index (χ3n) is 7.28. The zero-order valence-electron chi connectivity index (χ0n) is 23.6. The lowest BCUT2D eigenvalue weighted by molar-refractivity contribution is -0.117. The minimum Gasteiger partial charge on any atom is -0.490 e. The molecular formula is C35H42F2O2. The largest absolute Gasteiger partial charge is 0.490 e. The van der Waals surface area contributed by atoms with Crippen molar-refractivity contribution in [3.8, 4) is 5.75 Å².